The summed E-state index contributed by atoms with van der Waals surface area (Å²) in [5, 5.41) is 4.99. The Balaban J connectivity index is 1.80. The van der Waals surface area contributed by atoms with Crippen molar-refractivity contribution in [2.45, 2.75) is 39.2 Å². The maximum Gasteiger partial charge on any atom is 0.408 e. The molecule has 0 bridgehead atoms. The fourth-order valence-corrected chi connectivity index (χ4v) is 2.30. The average molecular weight is 362 g/mol. The molecule has 26 heavy (non-hydrogen) atoms. The number of ketones is 1. The second-order valence-corrected chi connectivity index (χ2v) is 6.86. The molecule has 2 amide bonds. The van der Waals surface area contributed by atoms with Crippen molar-refractivity contribution >= 4 is 29.4 Å². The van der Waals surface area contributed by atoms with E-state index in [2.05, 4.69) is 10.6 Å². The van der Waals surface area contributed by atoms with Crippen molar-refractivity contribution in [2.75, 3.05) is 18.5 Å². The highest BCUT2D eigenvalue weighted by Gasteiger charge is 2.19. The zero-order chi connectivity index (χ0) is 19.3. The van der Waals surface area contributed by atoms with Crippen LogP contribution in [0.4, 0.5) is 10.5 Å². The minimum atomic E-state index is -0.741. The van der Waals surface area contributed by atoms with Gasteiger partial charge in [-0.3, -0.25) is 14.4 Å². The number of nitrogens with one attached hydrogen (secondary N) is 2. The number of anilines is 1. The number of alkyl carbamates (subject to hydrolysis) is 1. The first kappa shape index (κ1) is 19.4. The molecule has 140 valence electrons. The van der Waals surface area contributed by atoms with Gasteiger partial charge in [0.05, 0.1) is 0 Å². The molecular weight excluding hydrogens is 340 g/mol. The van der Waals surface area contributed by atoms with Crippen LogP contribution in [0.25, 0.3) is 0 Å². The first-order valence-corrected chi connectivity index (χ1v) is 8.22. The van der Waals surface area contributed by atoms with E-state index in [1.807, 2.05) is 0 Å². The van der Waals surface area contributed by atoms with E-state index in [4.69, 9.17) is 9.47 Å². The lowest BCUT2D eigenvalue weighted by Crippen LogP contribution is -2.36. The third-order valence-electron chi connectivity index (χ3n) is 3.46. The Morgan fingerprint density at radius 2 is 1.92 bits per heavy atom. The lowest BCUT2D eigenvalue weighted by Gasteiger charge is -2.19. The van der Waals surface area contributed by atoms with Gasteiger partial charge in [-0.1, -0.05) is 0 Å². The van der Waals surface area contributed by atoms with E-state index in [-0.39, 0.29) is 11.7 Å². The Hall–Kier alpha value is -2.90. The van der Waals surface area contributed by atoms with Crippen LogP contribution in [0.15, 0.2) is 18.2 Å². The van der Waals surface area contributed by atoms with E-state index in [0.717, 1.165) is 5.56 Å². The van der Waals surface area contributed by atoms with Crippen molar-refractivity contribution in [3.63, 3.8) is 0 Å². The summed E-state index contributed by atoms with van der Waals surface area (Å²) < 4.78 is 9.86. The first-order chi connectivity index (χ1) is 12.1. The lowest BCUT2D eigenvalue weighted by molar-refractivity contribution is -0.141. The predicted molar refractivity (Wildman–Crippen MR) is 92.9 cm³/mol. The van der Waals surface area contributed by atoms with Crippen LogP contribution < -0.4 is 10.6 Å². The molecule has 1 aliphatic rings. The Bertz CT molecular complexity index is 736. The Morgan fingerprint density at radius 3 is 2.62 bits per heavy atom. The van der Waals surface area contributed by atoms with Gasteiger partial charge in [-0.25, -0.2) is 4.79 Å². The maximum absolute atomic E-state index is 12.1. The monoisotopic (exact) mass is 362 g/mol. The number of hydrogen-bond acceptors (Lipinski definition) is 6. The third kappa shape index (κ3) is 5.87. The van der Waals surface area contributed by atoms with Crippen molar-refractivity contribution in [3.8, 4) is 0 Å². The summed E-state index contributed by atoms with van der Waals surface area (Å²) in [6.07, 6.45) is 0.190. The summed E-state index contributed by atoms with van der Waals surface area (Å²) in [7, 11) is 0. The molecule has 8 nitrogen and oxygen atoms in total. The van der Waals surface area contributed by atoms with Gasteiger partial charge in [0.1, 0.15) is 12.1 Å². The topological polar surface area (TPSA) is 111 Å². The van der Waals surface area contributed by atoms with E-state index in [1.165, 1.54) is 0 Å². The van der Waals surface area contributed by atoms with Crippen molar-refractivity contribution in [3.05, 3.63) is 29.3 Å². The van der Waals surface area contributed by atoms with Crippen LogP contribution in [0.3, 0.4) is 0 Å². The molecule has 1 aromatic rings. The highest BCUT2D eigenvalue weighted by atomic mass is 16.6. The molecule has 0 aromatic heterocycles. The van der Waals surface area contributed by atoms with Gasteiger partial charge in [0.15, 0.2) is 12.4 Å². The molecule has 8 heteroatoms. The van der Waals surface area contributed by atoms with Crippen LogP contribution in [0.2, 0.25) is 0 Å². The summed E-state index contributed by atoms with van der Waals surface area (Å²) in [6, 6.07) is 4.91. The fourth-order valence-electron chi connectivity index (χ4n) is 2.30. The van der Waals surface area contributed by atoms with E-state index >= 15 is 0 Å². The Morgan fingerprint density at radius 1 is 1.19 bits per heavy atom. The number of benzene rings is 1. The Labute approximate surface area is 151 Å². The number of ether oxygens (including phenoxy) is 2. The van der Waals surface area contributed by atoms with E-state index in [0.29, 0.717) is 24.1 Å². The van der Waals surface area contributed by atoms with Crippen molar-refractivity contribution in [2.24, 2.45) is 0 Å². The van der Waals surface area contributed by atoms with Crippen molar-refractivity contribution in [1.29, 1.82) is 0 Å². The molecule has 1 aliphatic heterocycles. The Kier molecular flexibility index (Phi) is 5.97. The first-order valence-electron chi connectivity index (χ1n) is 8.22. The minimum absolute atomic E-state index is 0.0528. The minimum Gasteiger partial charge on any atom is -0.456 e. The number of carbonyl (C=O) groups is 4. The number of hydrogen-bond donors (Lipinski definition) is 2. The molecule has 0 saturated carbocycles. The highest BCUT2D eigenvalue weighted by Crippen LogP contribution is 2.23. The molecule has 2 rings (SSSR count). The van der Waals surface area contributed by atoms with Gasteiger partial charge in [0, 0.05) is 17.7 Å². The average Bonchev–Trinajstić information content (AvgIpc) is 2.55. The number of rotatable bonds is 5. The quantitative estimate of drug-likeness (QED) is 0.611. The number of fused-ring (bicyclic) bond motifs is 1. The van der Waals surface area contributed by atoms with Crippen LogP contribution in [0.1, 0.15) is 43.1 Å². The molecular formula is C18H22N2O6. The van der Waals surface area contributed by atoms with Crippen LogP contribution in [-0.2, 0) is 25.5 Å². The predicted octanol–water partition coefficient (Wildman–Crippen LogP) is 1.82. The molecule has 1 heterocycles. The van der Waals surface area contributed by atoms with E-state index < -0.39 is 30.8 Å². The van der Waals surface area contributed by atoms with E-state index in [9.17, 15) is 19.2 Å². The van der Waals surface area contributed by atoms with Crippen LogP contribution >= 0.6 is 0 Å². The lowest BCUT2D eigenvalue weighted by atomic mass is 9.99. The molecule has 0 unspecified atom stereocenters. The number of esters is 1. The van der Waals surface area contributed by atoms with Crippen LogP contribution in [0, 0.1) is 0 Å². The molecule has 2 N–H and O–H groups in total. The van der Waals surface area contributed by atoms with Gasteiger partial charge in [0.25, 0.3) is 0 Å². The third-order valence-corrected chi connectivity index (χ3v) is 3.46. The number of amides is 2. The fraction of sp³-hybridized carbons (Fsp3) is 0.444. The standard InChI is InChI=1S/C18H22N2O6/c1-18(2,3)26-17(24)19-9-16(23)25-10-14(21)12-4-6-13-11(8-12)5-7-15(22)20-13/h4,6,8H,5,7,9-10H2,1-3H3,(H,19,24)(H,20,22). The van der Waals surface area contributed by atoms with Crippen LogP contribution in [0.5, 0.6) is 0 Å². The zero-order valence-electron chi connectivity index (χ0n) is 15.0. The molecule has 0 saturated heterocycles. The van der Waals surface area contributed by atoms with Crippen LogP contribution in [-0.4, -0.2) is 42.5 Å². The number of Topliss-reactive ketones (excluding diaryl/α,β-unsaturated/α-hetero) is 1. The van der Waals surface area contributed by atoms with Gasteiger partial charge < -0.3 is 20.1 Å². The second kappa shape index (κ2) is 7.99. The normalized spacial score (nSPS) is 13.3. The van der Waals surface area contributed by atoms with Crippen molar-refractivity contribution < 1.29 is 28.7 Å². The zero-order valence-corrected chi connectivity index (χ0v) is 15.0. The van der Waals surface area contributed by atoms with Gasteiger partial charge in [-0.05, 0) is 51.0 Å². The largest absolute Gasteiger partial charge is 0.456 e. The molecule has 1 aromatic carbocycles. The summed E-state index contributed by atoms with van der Waals surface area (Å²) in [6.45, 7) is 4.28. The molecule has 0 fully saturated rings. The van der Waals surface area contributed by atoms with Gasteiger partial charge in [-0.15, -0.1) is 0 Å². The number of aryl methyl sites for hydroxylation is 1. The summed E-state index contributed by atoms with van der Waals surface area (Å²) in [5.74, 6) is -1.16. The van der Waals surface area contributed by atoms with Gasteiger partial charge >= 0.3 is 12.1 Å². The molecule has 0 radical (unpaired) electrons. The van der Waals surface area contributed by atoms with E-state index in [1.54, 1.807) is 39.0 Å². The molecule has 0 aliphatic carbocycles. The van der Waals surface area contributed by atoms with Gasteiger partial charge in [0.2, 0.25) is 5.91 Å². The smallest absolute Gasteiger partial charge is 0.408 e. The molecule has 0 atom stereocenters. The maximum atomic E-state index is 12.1. The highest BCUT2D eigenvalue weighted by molar-refractivity contribution is 6.00. The summed E-state index contributed by atoms with van der Waals surface area (Å²) in [4.78, 5) is 46.6. The van der Waals surface area contributed by atoms with Crippen molar-refractivity contribution in [1.82, 2.24) is 5.32 Å². The SMILES string of the molecule is CC(C)(C)OC(=O)NCC(=O)OCC(=O)c1ccc2c(c1)CCC(=O)N2. The molecule has 0 spiro atoms. The number of carbonyl (C=O) groups excluding carboxylic acids is 4. The summed E-state index contributed by atoms with van der Waals surface area (Å²) in [5.41, 5.74) is 1.29. The second-order valence-electron chi connectivity index (χ2n) is 6.86. The summed E-state index contributed by atoms with van der Waals surface area (Å²) >= 11 is 0. The van der Waals surface area contributed by atoms with Gasteiger partial charge in [-0.2, -0.15) is 0 Å².